The maximum absolute atomic E-state index is 12.5. The summed E-state index contributed by atoms with van der Waals surface area (Å²) in [6.45, 7) is 0. The van der Waals surface area contributed by atoms with Crippen molar-refractivity contribution in [3.05, 3.63) is 32.2 Å². The summed E-state index contributed by atoms with van der Waals surface area (Å²) >= 11 is 10.5. The molecule has 0 fully saturated rings. The standard InChI is InChI=1S/C12H11BrClN3O2S2/c13-11-7(15)4-6(14)5-10(11)21(18,19)17-12-16-8-2-1-3-9(8)20-12/h4-5H,1-3,15H2,(H,16,17). The third-order valence-corrected chi connectivity index (χ3v) is 7.07. The van der Waals surface area contributed by atoms with Crippen molar-refractivity contribution in [2.75, 3.05) is 10.5 Å². The van der Waals surface area contributed by atoms with Crippen LogP contribution in [0.1, 0.15) is 17.0 Å². The van der Waals surface area contributed by atoms with Crippen molar-refractivity contribution >= 4 is 59.7 Å². The molecule has 0 saturated carbocycles. The van der Waals surface area contributed by atoms with Gasteiger partial charge >= 0.3 is 0 Å². The number of fused-ring (bicyclic) bond motifs is 1. The van der Waals surface area contributed by atoms with Crippen LogP contribution in [0.15, 0.2) is 21.5 Å². The van der Waals surface area contributed by atoms with Crippen molar-refractivity contribution in [1.82, 2.24) is 4.98 Å². The van der Waals surface area contributed by atoms with Gasteiger partial charge in [-0.05, 0) is 47.3 Å². The number of sulfonamides is 1. The van der Waals surface area contributed by atoms with E-state index >= 15 is 0 Å². The summed E-state index contributed by atoms with van der Waals surface area (Å²) in [6.07, 6.45) is 2.95. The van der Waals surface area contributed by atoms with Crippen LogP contribution in [0, 0.1) is 0 Å². The number of hydrogen-bond acceptors (Lipinski definition) is 5. The van der Waals surface area contributed by atoms with E-state index in [1.165, 1.54) is 23.5 Å². The fourth-order valence-electron chi connectivity index (χ4n) is 2.18. The Morgan fingerprint density at radius 1 is 1.38 bits per heavy atom. The molecule has 0 aliphatic heterocycles. The molecule has 2 aromatic rings. The maximum Gasteiger partial charge on any atom is 0.264 e. The largest absolute Gasteiger partial charge is 0.398 e. The molecule has 0 amide bonds. The Kier molecular flexibility index (Phi) is 3.89. The summed E-state index contributed by atoms with van der Waals surface area (Å²) < 4.78 is 27.7. The predicted octanol–water partition coefficient (Wildman–Crippen LogP) is 3.43. The molecule has 3 N–H and O–H groups in total. The average molecular weight is 409 g/mol. The number of thiazole rings is 1. The number of hydrogen-bond donors (Lipinski definition) is 2. The number of nitrogen functional groups attached to an aromatic ring is 1. The highest BCUT2D eigenvalue weighted by Crippen LogP contribution is 2.35. The first kappa shape index (κ1) is 15.1. The summed E-state index contributed by atoms with van der Waals surface area (Å²) in [4.78, 5) is 5.48. The van der Waals surface area contributed by atoms with Gasteiger partial charge < -0.3 is 5.73 Å². The third kappa shape index (κ3) is 2.90. The minimum absolute atomic E-state index is 0.00265. The second kappa shape index (κ2) is 5.42. The van der Waals surface area contributed by atoms with E-state index < -0.39 is 10.0 Å². The molecule has 0 unspecified atom stereocenters. The van der Waals surface area contributed by atoms with Gasteiger partial charge in [-0.15, -0.1) is 11.3 Å². The van der Waals surface area contributed by atoms with Crippen LogP contribution < -0.4 is 10.5 Å². The fraction of sp³-hybridized carbons (Fsp3) is 0.250. The van der Waals surface area contributed by atoms with Gasteiger partial charge in [0.2, 0.25) is 0 Å². The van der Waals surface area contributed by atoms with Crippen molar-refractivity contribution in [2.45, 2.75) is 24.2 Å². The average Bonchev–Trinajstić information content (AvgIpc) is 2.93. The van der Waals surface area contributed by atoms with Crippen molar-refractivity contribution in [1.29, 1.82) is 0 Å². The van der Waals surface area contributed by atoms with Crippen molar-refractivity contribution in [2.24, 2.45) is 0 Å². The highest BCUT2D eigenvalue weighted by molar-refractivity contribution is 9.10. The number of nitrogens with zero attached hydrogens (tertiary/aromatic N) is 1. The topological polar surface area (TPSA) is 85.1 Å². The molecule has 1 aromatic heterocycles. The Hall–Kier alpha value is -0.830. The van der Waals surface area contributed by atoms with Crippen LogP contribution in [0.5, 0.6) is 0 Å². The van der Waals surface area contributed by atoms with Gasteiger partial charge in [0.05, 0.1) is 10.2 Å². The number of nitrogens with one attached hydrogen (secondary N) is 1. The summed E-state index contributed by atoms with van der Waals surface area (Å²) in [7, 11) is -3.79. The van der Waals surface area contributed by atoms with E-state index in [2.05, 4.69) is 25.6 Å². The molecular weight excluding hydrogens is 398 g/mol. The monoisotopic (exact) mass is 407 g/mol. The molecule has 9 heteroatoms. The minimum Gasteiger partial charge on any atom is -0.398 e. The van der Waals surface area contributed by atoms with Gasteiger partial charge in [0.1, 0.15) is 4.90 Å². The van der Waals surface area contributed by atoms with Gasteiger partial charge in [-0.25, -0.2) is 13.4 Å². The van der Waals surface area contributed by atoms with Crippen molar-refractivity contribution in [3.63, 3.8) is 0 Å². The number of aryl methyl sites for hydroxylation is 2. The van der Waals surface area contributed by atoms with E-state index in [0.29, 0.717) is 9.60 Å². The van der Waals surface area contributed by atoms with Crippen LogP contribution in [-0.2, 0) is 22.9 Å². The Morgan fingerprint density at radius 2 is 2.14 bits per heavy atom. The Labute approximate surface area is 139 Å². The third-order valence-electron chi connectivity index (χ3n) is 3.14. The van der Waals surface area contributed by atoms with E-state index in [1.807, 2.05) is 0 Å². The van der Waals surface area contributed by atoms with E-state index in [9.17, 15) is 8.42 Å². The summed E-state index contributed by atoms with van der Waals surface area (Å²) in [5.41, 5.74) is 6.99. The van der Waals surface area contributed by atoms with Gasteiger partial charge in [0, 0.05) is 15.6 Å². The first-order valence-electron chi connectivity index (χ1n) is 6.13. The number of rotatable bonds is 3. The number of aromatic nitrogens is 1. The molecule has 3 rings (SSSR count). The lowest BCUT2D eigenvalue weighted by atomic mass is 10.3. The first-order chi connectivity index (χ1) is 9.87. The zero-order chi connectivity index (χ0) is 15.2. The van der Waals surface area contributed by atoms with Gasteiger partial charge in [-0.2, -0.15) is 0 Å². The van der Waals surface area contributed by atoms with Crippen LogP contribution in [0.25, 0.3) is 0 Å². The molecule has 0 spiro atoms. The number of anilines is 2. The molecule has 1 heterocycles. The summed E-state index contributed by atoms with van der Waals surface area (Å²) in [5.74, 6) is 0. The molecule has 1 aliphatic rings. The van der Waals surface area contributed by atoms with Gasteiger partial charge in [0.15, 0.2) is 5.13 Å². The Balaban J connectivity index is 1.97. The van der Waals surface area contributed by atoms with E-state index in [4.69, 9.17) is 17.3 Å². The molecule has 5 nitrogen and oxygen atoms in total. The van der Waals surface area contributed by atoms with Crippen LogP contribution >= 0.6 is 38.9 Å². The van der Waals surface area contributed by atoms with Crippen LogP contribution in [0.2, 0.25) is 5.02 Å². The Bertz CT molecular complexity index is 799. The normalized spacial score (nSPS) is 14.2. The SMILES string of the molecule is Nc1cc(Cl)cc(S(=O)(=O)Nc2nc3c(s2)CCC3)c1Br. The number of nitrogens with two attached hydrogens (primary N) is 1. The van der Waals surface area contributed by atoms with Crippen molar-refractivity contribution in [3.8, 4) is 0 Å². The molecule has 0 atom stereocenters. The second-order valence-electron chi connectivity index (χ2n) is 4.66. The van der Waals surface area contributed by atoms with Crippen molar-refractivity contribution < 1.29 is 8.42 Å². The maximum atomic E-state index is 12.5. The lowest BCUT2D eigenvalue weighted by Crippen LogP contribution is -2.14. The molecule has 21 heavy (non-hydrogen) atoms. The molecule has 0 radical (unpaired) electrons. The van der Waals surface area contributed by atoms with Gasteiger partial charge in [-0.3, -0.25) is 4.72 Å². The van der Waals surface area contributed by atoms with Crippen LogP contribution in [0.3, 0.4) is 0 Å². The lowest BCUT2D eigenvalue weighted by molar-refractivity contribution is 0.600. The zero-order valence-electron chi connectivity index (χ0n) is 10.7. The quantitative estimate of drug-likeness (QED) is 0.762. The highest BCUT2D eigenvalue weighted by Gasteiger charge is 2.24. The molecule has 0 bridgehead atoms. The first-order valence-corrected chi connectivity index (χ1v) is 9.60. The summed E-state index contributed by atoms with van der Waals surface area (Å²) in [6, 6.07) is 2.84. The summed E-state index contributed by atoms with van der Waals surface area (Å²) in [5, 5.41) is 0.642. The number of halogens is 2. The molecule has 0 saturated heterocycles. The van der Waals surface area contributed by atoms with E-state index in [0.717, 1.165) is 29.8 Å². The van der Waals surface area contributed by atoms with Gasteiger partial charge in [-0.1, -0.05) is 11.6 Å². The fourth-order valence-corrected chi connectivity index (χ4v) is 5.76. The number of benzene rings is 1. The zero-order valence-corrected chi connectivity index (χ0v) is 14.7. The van der Waals surface area contributed by atoms with Crippen LogP contribution in [-0.4, -0.2) is 13.4 Å². The lowest BCUT2D eigenvalue weighted by Gasteiger charge is -2.09. The smallest absolute Gasteiger partial charge is 0.264 e. The minimum atomic E-state index is -3.79. The van der Waals surface area contributed by atoms with Crippen LogP contribution in [0.4, 0.5) is 10.8 Å². The predicted molar refractivity (Wildman–Crippen MR) is 88.5 cm³/mol. The van der Waals surface area contributed by atoms with Gasteiger partial charge in [0.25, 0.3) is 10.0 Å². The molecule has 1 aliphatic carbocycles. The Morgan fingerprint density at radius 3 is 2.86 bits per heavy atom. The molecular formula is C12H11BrClN3O2S2. The second-order valence-corrected chi connectivity index (χ2v) is 8.62. The molecule has 112 valence electrons. The van der Waals surface area contributed by atoms with E-state index in [-0.39, 0.29) is 15.6 Å². The highest BCUT2D eigenvalue weighted by atomic mass is 79.9. The van der Waals surface area contributed by atoms with E-state index in [1.54, 1.807) is 0 Å². The molecule has 1 aromatic carbocycles.